The number of carbonyl (C=O) groups excluding carboxylic acids is 3. The Kier molecular flexibility index (Phi) is 9.77. The van der Waals surface area contributed by atoms with Crippen LogP contribution in [0.1, 0.15) is 52.0 Å². The van der Waals surface area contributed by atoms with E-state index in [-0.39, 0.29) is 24.7 Å². The predicted molar refractivity (Wildman–Crippen MR) is 134 cm³/mol. The summed E-state index contributed by atoms with van der Waals surface area (Å²) in [6.45, 7) is 9.85. The summed E-state index contributed by atoms with van der Waals surface area (Å²) < 4.78 is 10.5. The van der Waals surface area contributed by atoms with Crippen molar-refractivity contribution in [3.05, 3.63) is 29.8 Å². The molecular formula is C26H40N4O5. The van der Waals surface area contributed by atoms with Gasteiger partial charge in [0.1, 0.15) is 5.60 Å². The van der Waals surface area contributed by atoms with Crippen LogP contribution in [0.25, 0.3) is 0 Å². The summed E-state index contributed by atoms with van der Waals surface area (Å²) >= 11 is 0. The van der Waals surface area contributed by atoms with Gasteiger partial charge in [-0.2, -0.15) is 0 Å². The van der Waals surface area contributed by atoms with Gasteiger partial charge in [0.15, 0.2) is 0 Å². The SMILES string of the molecule is CC(C)(C)OC(=O)NCCc1ccc(NC2CCN(C(=O)CCC(=O)N3CCOCC3)CC2)cc1. The van der Waals surface area contributed by atoms with Crippen LogP contribution in [-0.2, 0) is 25.5 Å². The van der Waals surface area contributed by atoms with Gasteiger partial charge in [0.25, 0.3) is 0 Å². The number of amides is 3. The summed E-state index contributed by atoms with van der Waals surface area (Å²) in [5, 5.41) is 6.34. The normalized spacial score (nSPS) is 17.1. The van der Waals surface area contributed by atoms with Crippen molar-refractivity contribution in [2.24, 2.45) is 0 Å². The highest BCUT2D eigenvalue weighted by atomic mass is 16.6. The molecule has 9 nitrogen and oxygen atoms in total. The molecule has 194 valence electrons. The summed E-state index contributed by atoms with van der Waals surface area (Å²) in [5.74, 6) is 0.108. The van der Waals surface area contributed by atoms with E-state index in [1.165, 1.54) is 0 Å². The summed E-state index contributed by atoms with van der Waals surface area (Å²) in [7, 11) is 0. The van der Waals surface area contributed by atoms with Crippen molar-refractivity contribution < 1.29 is 23.9 Å². The first-order valence-electron chi connectivity index (χ1n) is 12.7. The molecule has 3 amide bonds. The van der Waals surface area contributed by atoms with Crippen LogP contribution in [0.4, 0.5) is 10.5 Å². The van der Waals surface area contributed by atoms with Crippen LogP contribution in [0.2, 0.25) is 0 Å². The van der Waals surface area contributed by atoms with Crippen molar-refractivity contribution in [2.75, 3.05) is 51.3 Å². The minimum atomic E-state index is -0.497. The van der Waals surface area contributed by atoms with Crippen molar-refractivity contribution in [1.82, 2.24) is 15.1 Å². The van der Waals surface area contributed by atoms with Crippen molar-refractivity contribution in [3.8, 4) is 0 Å². The van der Waals surface area contributed by atoms with Gasteiger partial charge in [0.05, 0.1) is 13.2 Å². The van der Waals surface area contributed by atoms with E-state index in [9.17, 15) is 14.4 Å². The van der Waals surface area contributed by atoms with Gasteiger partial charge in [-0.1, -0.05) is 12.1 Å². The molecule has 0 radical (unpaired) electrons. The molecule has 35 heavy (non-hydrogen) atoms. The first kappa shape index (κ1) is 26.8. The van der Waals surface area contributed by atoms with Crippen molar-refractivity contribution in [3.63, 3.8) is 0 Å². The number of likely N-dealkylation sites (tertiary alicyclic amines) is 1. The number of nitrogens with zero attached hydrogens (tertiary/aromatic N) is 2. The van der Waals surface area contributed by atoms with Crippen molar-refractivity contribution in [1.29, 1.82) is 0 Å². The van der Waals surface area contributed by atoms with Crippen molar-refractivity contribution >= 4 is 23.6 Å². The lowest BCUT2D eigenvalue weighted by atomic mass is 10.0. The summed E-state index contributed by atoms with van der Waals surface area (Å²) in [6.07, 6.45) is 2.64. The second-order valence-corrected chi connectivity index (χ2v) is 10.2. The van der Waals surface area contributed by atoms with E-state index >= 15 is 0 Å². The zero-order valence-electron chi connectivity index (χ0n) is 21.3. The number of carbonyl (C=O) groups is 3. The van der Waals surface area contributed by atoms with E-state index in [0.29, 0.717) is 52.0 Å². The fourth-order valence-corrected chi connectivity index (χ4v) is 4.24. The van der Waals surface area contributed by atoms with Crippen LogP contribution >= 0.6 is 0 Å². The Morgan fingerprint density at radius 3 is 2.09 bits per heavy atom. The minimum absolute atomic E-state index is 0.0438. The van der Waals surface area contributed by atoms with Gasteiger partial charge in [-0.3, -0.25) is 9.59 Å². The zero-order chi connectivity index (χ0) is 25.3. The molecule has 0 atom stereocenters. The van der Waals surface area contributed by atoms with E-state index in [1.54, 1.807) is 4.90 Å². The Hall–Kier alpha value is -2.81. The molecule has 9 heteroatoms. The zero-order valence-corrected chi connectivity index (χ0v) is 21.3. The van der Waals surface area contributed by atoms with E-state index < -0.39 is 11.7 Å². The Morgan fingerprint density at radius 2 is 1.51 bits per heavy atom. The molecule has 2 aliphatic heterocycles. The van der Waals surface area contributed by atoms with Gasteiger partial charge >= 0.3 is 6.09 Å². The maximum absolute atomic E-state index is 12.6. The predicted octanol–water partition coefficient (Wildman–Crippen LogP) is 2.80. The number of piperidine rings is 1. The van der Waals surface area contributed by atoms with E-state index in [2.05, 4.69) is 34.9 Å². The van der Waals surface area contributed by atoms with E-state index in [1.807, 2.05) is 25.7 Å². The van der Waals surface area contributed by atoms with Gasteiger partial charge in [-0.15, -0.1) is 0 Å². The highest BCUT2D eigenvalue weighted by Gasteiger charge is 2.24. The number of alkyl carbamates (subject to hydrolysis) is 1. The molecule has 2 saturated heterocycles. The number of morpholine rings is 1. The molecule has 2 aliphatic rings. The van der Waals surface area contributed by atoms with Crippen LogP contribution in [-0.4, -0.2) is 85.3 Å². The lowest BCUT2D eigenvalue weighted by Crippen LogP contribution is -2.43. The average molecular weight is 489 g/mol. The largest absolute Gasteiger partial charge is 0.444 e. The van der Waals surface area contributed by atoms with Crippen LogP contribution in [0.5, 0.6) is 0 Å². The third-order valence-electron chi connectivity index (χ3n) is 6.17. The quantitative estimate of drug-likeness (QED) is 0.584. The number of nitrogens with one attached hydrogen (secondary N) is 2. The molecule has 1 aromatic rings. The molecule has 3 rings (SSSR count). The summed E-state index contributed by atoms with van der Waals surface area (Å²) in [6, 6.07) is 8.54. The minimum Gasteiger partial charge on any atom is -0.444 e. The first-order chi connectivity index (χ1) is 16.7. The lowest BCUT2D eigenvalue weighted by molar-refractivity contribution is -0.139. The number of hydrogen-bond acceptors (Lipinski definition) is 6. The Labute approximate surface area is 208 Å². The Balaban J connectivity index is 1.32. The molecule has 1 aromatic carbocycles. The van der Waals surface area contributed by atoms with Crippen molar-refractivity contribution in [2.45, 2.75) is 64.5 Å². The second-order valence-electron chi connectivity index (χ2n) is 10.2. The second kappa shape index (κ2) is 12.8. The van der Waals surface area contributed by atoms with Gasteiger partial charge in [0, 0.05) is 57.3 Å². The number of ether oxygens (including phenoxy) is 2. The van der Waals surface area contributed by atoms with Gasteiger partial charge in [0.2, 0.25) is 11.8 Å². The number of benzene rings is 1. The fraction of sp³-hybridized carbons (Fsp3) is 0.654. The number of hydrogen-bond donors (Lipinski definition) is 2. The molecule has 0 spiro atoms. The highest BCUT2D eigenvalue weighted by Crippen LogP contribution is 2.18. The van der Waals surface area contributed by atoms with Crippen LogP contribution in [0, 0.1) is 0 Å². The fourth-order valence-electron chi connectivity index (χ4n) is 4.24. The first-order valence-corrected chi connectivity index (χ1v) is 12.7. The number of rotatable bonds is 8. The smallest absolute Gasteiger partial charge is 0.407 e. The molecule has 0 saturated carbocycles. The molecule has 2 N–H and O–H groups in total. The lowest BCUT2D eigenvalue weighted by Gasteiger charge is -2.33. The monoisotopic (exact) mass is 488 g/mol. The molecule has 0 aliphatic carbocycles. The van der Waals surface area contributed by atoms with Crippen LogP contribution < -0.4 is 10.6 Å². The maximum Gasteiger partial charge on any atom is 0.407 e. The standard InChI is InChI=1S/C26H40N4O5/c1-26(2,3)35-25(33)27-13-10-20-4-6-21(7-5-20)28-22-11-14-29(15-12-22)23(31)8-9-24(32)30-16-18-34-19-17-30/h4-7,22,28H,8-19H2,1-3H3,(H,27,33). The van der Waals surface area contributed by atoms with Gasteiger partial charge in [-0.25, -0.2) is 4.79 Å². The van der Waals surface area contributed by atoms with E-state index in [0.717, 1.165) is 30.5 Å². The molecule has 2 heterocycles. The molecule has 0 aromatic heterocycles. The Morgan fingerprint density at radius 1 is 0.943 bits per heavy atom. The number of anilines is 1. The van der Waals surface area contributed by atoms with E-state index in [4.69, 9.17) is 9.47 Å². The molecule has 0 bridgehead atoms. The molecule has 0 unspecified atom stereocenters. The summed E-state index contributed by atoms with van der Waals surface area (Å²) in [5.41, 5.74) is 1.69. The maximum atomic E-state index is 12.6. The van der Waals surface area contributed by atoms with Crippen LogP contribution in [0.15, 0.2) is 24.3 Å². The van der Waals surface area contributed by atoms with Gasteiger partial charge in [-0.05, 0) is 57.7 Å². The molecule has 2 fully saturated rings. The molecular weight excluding hydrogens is 448 g/mol. The summed E-state index contributed by atoms with van der Waals surface area (Å²) in [4.78, 5) is 40.2. The Bertz CT molecular complexity index is 838. The third kappa shape index (κ3) is 9.39. The average Bonchev–Trinajstić information content (AvgIpc) is 2.83. The van der Waals surface area contributed by atoms with Crippen LogP contribution in [0.3, 0.4) is 0 Å². The third-order valence-corrected chi connectivity index (χ3v) is 6.17. The highest BCUT2D eigenvalue weighted by molar-refractivity contribution is 5.84. The van der Waals surface area contributed by atoms with Gasteiger partial charge < -0.3 is 29.9 Å². The topological polar surface area (TPSA) is 100 Å².